The number of aromatic nitrogens is 3. The first-order valence-electron chi connectivity index (χ1n) is 11.2. The fourth-order valence-corrected chi connectivity index (χ4v) is 5.28. The molecular weight excluding hydrogens is 510 g/mol. The molecule has 1 N–H and O–H groups in total. The molecule has 0 bridgehead atoms. The molecule has 1 atom stereocenters. The van der Waals surface area contributed by atoms with Crippen LogP contribution in [0.4, 0.5) is 10.8 Å². The second kappa shape index (κ2) is 10.3. The summed E-state index contributed by atoms with van der Waals surface area (Å²) in [6.45, 7) is 1.72. The van der Waals surface area contributed by atoms with Crippen LogP contribution in [0.2, 0.25) is 0 Å². The summed E-state index contributed by atoms with van der Waals surface area (Å²) in [5.74, 6) is -0.295. The van der Waals surface area contributed by atoms with Gasteiger partial charge in [0.1, 0.15) is 0 Å². The summed E-state index contributed by atoms with van der Waals surface area (Å²) in [5, 5.41) is 16.3. The number of fused-ring (bicyclic) bond motifs is 1. The summed E-state index contributed by atoms with van der Waals surface area (Å²) < 4.78 is 1.37. The van der Waals surface area contributed by atoms with Crippen molar-refractivity contribution in [1.29, 1.82) is 0 Å². The predicted octanol–water partition coefficient (Wildman–Crippen LogP) is 5.54. The van der Waals surface area contributed by atoms with Crippen LogP contribution < -0.4 is 10.9 Å². The first kappa shape index (κ1) is 24.3. The van der Waals surface area contributed by atoms with Crippen LogP contribution in [0.3, 0.4) is 0 Å². The summed E-state index contributed by atoms with van der Waals surface area (Å²) in [5.41, 5.74) is 2.20. The predicted molar refractivity (Wildman–Crippen MR) is 145 cm³/mol. The lowest BCUT2D eigenvalue weighted by Gasteiger charge is -2.16. The third-order valence-electron chi connectivity index (χ3n) is 5.52. The van der Waals surface area contributed by atoms with Crippen LogP contribution >= 0.6 is 23.1 Å². The molecule has 0 aliphatic heterocycles. The van der Waals surface area contributed by atoms with E-state index in [1.807, 2.05) is 35.7 Å². The first-order valence-corrected chi connectivity index (χ1v) is 12.9. The maximum absolute atomic E-state index is 13.4. The van der Waals surface area contributed by atoms with Crippen molar-refractivity contribution in [3.05, 3.63) is 105 Å². The third kappa shape index (κ3) is 5.13. The molecule has 1 amide bonds. The molecule has 2 heterocycles. The fraction of sp³-hybridized carbons (Fsp3) is 0.0769. The van der Waals surface area contributed by atoms with Crippen LogP contribution in [0.25, 0.3) is 27.8 Å². The van der Waals surface area contributed by atoms with Crippen LogP contribution in [0.15, 0.2) is 94.2 Å². The van der Waals surface area contributed by atoms with Gasteiger partial charge in [0.05, 0.1) is 32.5 Å². The minimum absolute atomic E-state index is 0.0918. The number of para-hydroxylation sites is 1. The second-order valence-electron chi connectivity index (χ2n) is 7.98. The number of hydrogen-bond donors (Lipinski definition) is 1. The Labute approximate surface area is 219 Å². The van der Waals surface area contributed by atoms with E-state index in [0.717, 1.165) is 23.0 Å². The molecule has 5 rings (SSSR count). The molecule has 0 radical (unpaired) electrons. The number of nitro groups is 1. The third-order valence-corrected chi connectivity index (χ3v) is 7.33. The summed E-state index contributed by atoms with van der Waals surface area (Å²) in [7, 11) is 0. The van der Waals surface area contributed by atoms with Crippen LogP contribution in [0.1, 0.15) is 6.92 Å². The number of nitro benzene ring substituents is 1. The van der Waals surface area contributed by atoms with Crippen molar-refractivity contribution in [2.24, 2.45) is 0 Å². The van der Waals surface area contributed by atoms with E-state index in [1.54, 1.807) is 31.2 Å². The Morgan fingerprint density at radius 3 is 2.46 bits per heavy atom. The van der Waals surface area contributed by atoms with Gasteiger partial charge in [-0.15, -0.1) is 11.3 Å². The number of carbonyl (C=O) groups excluding carboxylic acids is 1. The molecular formula is C26H19N5O4S2. The highest BCUT2D eigenvalue weighted by molar-refractivity contribution is 8.00. The zero-order valence-electron chi connectivity index (χ0n) is 19.4. The number of hydrogen-bond acceptors (Lipinski definition) is 8. The zero-order chi connectivity index (χ0) is 25.9. The highest BCUT2D eigenvalue weighted by Gasteiger charge is 2.22. The lowest BCUT2D eigenvalue weighted by molar-refractivity contribution is -0.384. The Balaban J connectivity index is 1.44. The average molecular weight is 530 g/mol. The van der Waals surface area contributed by atoms with Gasteiger partial charge < -0.3 is 5.32 Å². The molecule has 0 saturated carbocycles. The summed E-state index contributed by atoms with van der Waals surface area (Å²) in [4.78, 5) is 46.2. The van der Waals surface area contributed by atoms with E-state index < -0.39 is 10.2 Å². The second-order valence-corrected chi connectivity index (χ2v) is 10.1. The molecule has 37 heavy (non-hydrogen) atoms. The van der Waals surface area contributed by atoms with Crippen molar-refractivity contribution in [2.75, 3.05) is 5.32 Å². The van der Waals surface area contributed by atoms with Crippen molar-refractivity contribution in [3.8, 4) is 16.9 Å². The van der Waals surface area contributed by atoms with Crippen molar-refractivity contribution >= 4 is 50.7 Å². The van der Waals surface area contributed by atoms with Crippen LogP contribution in [-0.2, 0) is 4.79 Å². The SMILES string of the molecule is CC(Sc1nc2ccccc2c(=O)n1-c1ccc([N+](=O)[O-])cc1)C(=O)Nc1nc(-c2ccccc2)cs1. The van der Waals surface area contributed by atoms with Gasteiger partial charge in [-0.25, -0.2) is 9.97 Å². The quantitative estimate of drug-likeness (QED) is 0.127. The fourth-order valence-electron chi connectivity index (χ4n) is 3.63. The van der Waals surface area contributed by atoms with Crippen molar-refractivity contribution in [3.63, 3.8) is 0 Å². The normalized spacial score (nSPS) is 11.8. The molecule has 0 saturated heterocycles. The molecule has 2 aromatic heterocycles. The molecule has 0 aliphatic rings. The lowest BCUT2D eigenvalue weighted by Crippen LogP contribution is -2.26. The van der Waals surface area contributed by atoms with Gasteiger partial charge in [0.2, 0.25) is 5.91 Å². The summed E-state index contributed by atoms with van der Waals surface area (Å²) in [6.07, 6.45) is 0. The summed E-state index contributed by atoms with van der Waals surface area (Å²) in [6, 6.07) is 22.2. The maximum atomic E-state index is 13.4. The minimum Gasteiger partial charge on any atom is -0.301 e. The van der Waals surface area contributed by atoms with Gasteiger partial charge >= 0.3 is 0 Å². The molecule has 5 aromatic rings. The van der Waals surface area contributed by atoms with Gasteiger partial charge in [-0.3, -0.25) is 24.3 Å². The summed E-state index contributed by atoms with van der Waals surface area (Å²) >= 11 is 2.44. The first-order chi connectivity index (χ1) is 17.9. The number of anilines is 1. The molecule has 0 spiro atoms. The number of non-ortho nitro benzene ring substituents is 1. The van der Waals surface area contributed by atoms with Crippen LogP contribution in [-0.4, -0.2) is 30.6 Å². The molecule has 1 unspecified atom stereocenters. The topological polar surface area (TPSA) is 120 Å². The smallest absolute Gasteiger partial charge is 0.269 e. The van der Waals surface area contributed by atoms with Gasteiger partial charge in [-0.05, 0) is 31.2 Å². The Hall–Kier alpha value is -4.35. The lowest BCUT2D eigenvalue weighted by atomic mass is 10.2. The Morgan fingerprint density at radius 1 is 1.03 bits per heavy atom. The van der Waals surface area contributed by atoms with E-state index in [9.17, 15) is 19.7 Å². The van der Waals surface area contributed by atoms with E-state index in [1.165, 1.54) is 40.2 Å². The molecule has 9 nitrogen and oxygen atoms in total. The number of rotatable bonds is 7. The van der Waals surface area contributed by atoms with Crippen molar-refractivity contribution in [2.45, 2.75) is 17.3 Å². The van der Waals surface area contributed by atoms with Gasteiger partial charge in [-0.2, -0.15) is 0 Å². The number of carbonyl (C=O) groups is 1. The molecule has 184 valence electrons. The number of amides is 1. The number of nitrogens with zero attached hydrogens (tertiary/aromatic N) is 4. The molecule has 0 aliphatic carbocycles. The van der Waals surface area contributed by atoms with Gasteiger partial charge in [-0.1, -0.05) is 54.2 Å². The number of benzene rings is 3. The van der Waals surface area contributed by atoms with E-state index in [2.05, 4.69) is 15.3 Å². The van der Waals surface area contributed by atoms with Crippen molar-refractivity contribution in [1.82, 2.24) is 14.5 Å². The highest BCUT2D eigenvalue weighted by atomic mass is 32.2. The number of nitrogens with one attached hydrogen (secondary N) is 1. The van der Waals surface area contributed by atoms with Gasteiger partial charge in [0, 0.05) is 23.1 Å². The van der Waals surface area contributed by atoms with Crippen LogP contribution in [0.5, 0.6) is 0 Å². The zero-order valence-corrected chi connectivity index (χ0v) is 21.0. The Kier molecular flexibility index (Phi) is 6.80. The largest absolute Gasteiger partial charge is 0.301 e. The average Bonchev–Trinajstić information content (AvgIpc) is 3.38. The Morgan fingerprint density at radius 2 is 1.73 bits per heavy atom. The molecule has 3 aromatic carbocycles. The van der Waals surface area contributed by atoms with E-state index in [0.29, 0.717) is 26.9 Å². The molecule has 0 fully saturated rings. The Bertz CT molecular complexity index is 1670. The number of thioether (sulfide) groups is 1. The van der Waals surface area contributed by atoms with E-state index in [4.69, 9.17) is 0 Å². The van der Waals surface area contributed by atoms with E-state index >= 15 is 0 Å². The minimum atomic E-state index is -0.624. The monoisotopic (exact) mass is 529 g/mol. The van der Waals surface area contributed by atoms with E-state index in [-0.39, 0.29) is 17.2 Å². The highest BCUT2D eigenvalue weighted by Crippen LogP contribution is 2.28. The van der Waals surface area contributed by atoms with Gasteiger partial charge in [0.15, 0.2) is 10.3 Å². The van der Waals surface area contributed by atoms with Crippen LogP contribution in [0, 0.1) is 10.1 Å². The number of thiazole rings is 1. The molecule has 11 heteroatoms. The van der Waals surface area contributed by atoms with Crippen molar-refractivity contribution < 1.29 is 9.72 Å². The van der Waals surface area contributed by atoms with Gasteiger partial charge in [0.25, 0.3) is 11.2 Å². The standard InChI is InChI=1S/C26H19N5O4S2/c1-16(23(32)29-25-27-22(15-36-25)17-7-3-2-4-8-17)37-26-28-21-10-6-5-9-20(21)24(33)30(26)18-11-13-19(14-12-18)31(34)35/h2-16H,1H3,(H,27,29,32). The maximum Gasteiger partial charge on any atom is 0.269 e.